The summed E-state index contributed by atoms with van der Waals surface area (Å²) in [6.07, 6.45) is -7.04. The second kappa shape index (κ2) is 9.36. The lowest BCUT2D eigenvalue weighted by Gasteiger charge is -2.32. The molecule has 1 fully saturated rings. The van der Waals surface area contributed by atoms with Gasteiger partial charge in [-0.05, 0) is 31.2 Å². The van der Waals surface area contributed by atoms with Gasteiger partial charge in [-0.3, -0.25) is 9.59 Å². The van der Waals surface area contributed by atoms with Gasteiger partial charge in [0.2, 0.25) is 11.7 Å². The Kier molecular flexibility index (Phi) is 7.02. The van der Waals surface area contributed by atoms with Crippen LogP contribution in [0.1, 0.15) is 35.7 Å². The molecule has 13 heteroatoms. The number of halogens is 7. The topological polar surface area (TPSA) is 90.6 Å². The number of nitrogens with one attached hydrogen (secondary N) is 1. The molecular weight excluding hydrogens is 489 g/mol. The van der Waals surface area contributed by atoms with Crippen molar-refractivity contribution < 1.29 is 49.8 Å². The van der Waals surface area contributed by atoms with Crippen LogP contribution in [0.25, 0.3) is 0 Å². The lowest BCUT2D eigenvalue weighted by molar-refractivity contribution is -0.272. The minimum absolute atomic E-state index is 0.0200. The molecule has 2 amide bonds. The number of hydrogen-bond donors (Lipinski definition) is 2. The van der Waals surface area contributed by atoms with Gasteiger partial charge in [0, 0.05) is 28.7 Å². The van der Waals surface area contributed by atoms with Crippen molar-refractivity contribution in [1.82, 2.24) is 0 Å². The quantitative estimate of drug-likeness (QED) is 0.552. The highest BCUT2D eigenvalue weighted by Gasteiger charge is 2.66. The molecule has 4 atom stereocenters. The van der Waals surface area contributed by atoms with Crippen LogP contribution in [0, 0.1) is 17.6 Å². The zero-order valence-electron chi connectivity index (χ0n) is 18.1. The van der Waals surface area contributed by atoms with Gasteiger partial charge in [0.25, 0.3) is 5.91 Å². The van der Waals surface area contributed by atoms with Crippen molar-refractivity contribution in [3.05, 3.63) is 59.2 Å². The van der Waals surface area contributed by atoms with Gasteiger partial charge in [-0.2, -0.15) is 26.3 Å². The van der Waals surface area contributed by atoms with E-state index in [2.05, 4.69) is 10.1 Å². The zero-order chi connectivity index (χ0) is 26.3. The average Bonchev–Trinajstić information content (AvgIpc) is 3.04. The SMILES string of the molecule is C[C@@H]1[C@H](c2ccc(F)c(F)c2OC(F)F)[C@H](C(=O)Nc2cccc(C(N)=O)c2)O[C@]1(C)C(F)(F)F. The van der Waals surface area contributed by atoms with E-state index < -0.39 is 71.1 Å². The number of ether oxygens (including phenoxy) is 2. The molecule has 0 spiro atoms. The van der Waals surface area contributed by atoms with Crippen molar-refractivity contribution in [2.75, 3.05) is 5.32 Å². The molecule has 0 unspecified atom stereocenters. The predicted molar refractivity (Wildman–Crippen MR) is 108 cm³/mol. The van der Waals surface area contributed by atoms with E-state index in [1.165, 1.54) is 18.2 Å². The normalized spacial score (nSPS) is 24.5. The number of alkyl halides is 5. The molecular formula is C22H19F7N2O4. The molecule has 0 saturated carbocycles. The summed E-state index contributed by atoms with van der Waals surface area (Å²) in [7, 11) is 0. The lowest BCUT2D eigenvalue weighted by atomic mass is 9.77. The maximum Gasteiger partial charge on any atom is 0.417 e. The number of hydrogen-bond acceptors (Lipinski definition) is 4. The van der Waals surface area contributed by atoms with E-state index in [1.807, 2.05) is 0 Å². The Labute approximate surface area is 194 Å². The smallest absolute Gasteiger partial charge is 0.417 e. The van der Waals surface area contributed by atoms with Gasteiger partial charge < -0.3 is 20.5 Å². The van der Waals surface area contributed by atoms with Crippen LogP contribution in [0.2, 0.25) is 0 Å². The Hall–Kier alpha value is -3.35. The van der Waals surface area contributed by atoms with Crippen LogP contribution in [-0.4, -0.2) is 36.3 Å². The zero-order valence-corrected chi connectivity index (χ0v) is 18.1. The van der Waals surface area contributed by atoms with Gasteiger partial charge in [-0.1, -0.05) is 19.1 Å². The summed E-state index contributed by atoms with van der Waals surface area (Å²) in [4.78, 5) is 24.4. The van der Waals surface area contributed by atoms with Gasteiger partial charge in [0.05, 0.1) is 0 Å². The molecule has 3 N–H and O–H groups in total. The third kappa shape index (κ3) is 4.90. The van der Waals surface area contributed by atoms with E-state index in [0.29, 0.717) is 13.0 Å². The lowest BCUT2D eigenvalue weighted by Crippen LogP contribution is -2.47. The second-order valence-electron chi connectivity index (χ2n) is 8.05. The maximum absolute atomic E-state index is 14.4. The maximum atomic E-state index is 14.4. The molecule has 190 valence electrons. The first-order valence-electron chi connectivity index (χ1n) is 10.1. The molecule has 1 aliphatic rings. The van der Waals surface area contributed by atoms with Gasteiger partial charge in [0.15, 0.2) is 17.2 Å². The number of nitrogens with two attached hydrogens (primary N) is 1. The highest BCUT2D eigenvalue weighted by Crippen LogP contribution is 2.55. The molecule has 35 heavy (non-hydrogen) atoms. The number of rotatable bonds is 6. The molecule has 1 aliphatic heterocycles. The third-order valence-electron chi connectivity index (χ3n) is 5.99. The Balaban J connectivity index is 2.10. The summed E-state index contributed by atoms with van der Waals surface area (Å²) >= 11 is 0. The molecule has 1 heterocycles. The highest BCUT2D eigenvalue weighted by atomic mass is 19.4. The van der Waals surface area contributed by atoms with Crippen LogP contribution in [-0.2, 0) is 9.53 Å². The fourth-order valence-electron chi connectivity index (χ4n) is 4.01. The van der Waals surface area contributed by atoms with Gasteiger partial charge in [-0.25, -0.2) is 4.39 Å². The molecule has 3 rings (SSSR count). The predicted octanol–water partition coefficient (Wildman–Crippen LogP) is 4.74. The average molecular weight is 508 g/mol. The Morgan fingerprint density at radius 1 is 1.17 bits per heavy atom. The fraction of sp³-hybridized carbons (Fsp3) is 0.364. The minimum Gasteiger partial charge on any atom is -0.431 e. The van der Waals surface area contributed by atoms with Crippen LogP contribution in [0.5, 0.6) is 5.75 Å². The largest absolute Gasteiger partial charge is 0.431 e. The number of carbonyl (C=O) groups is 2. The second-order valence-corrected chi connectivity index (χ2v) is 8.05. The molecule has 6 nitrogen and oxygen atoms in total. The first-order valence-corrected chi connectivity index (χ1v) is 10.1. The summed E-state index contributed by atoms with van der Waals surface area (Å²) in [5, 5.41) is 2.28. The fourth-order valence-corrected chi connectivity index (χ4v) is 4.01. The summed E-state index contributed by atoms with van der Waals surface area (Å²) in [5.74, 6) is -10.1. The van der Waals surface area contributed by atoms with Crippen LogP contribution in [0.15, 0.2) is 36.4 Å². The van der Waals surface area contributed by atoms with Crippen LogP contribution in [0.3, 0.4) is 0 Å². The van der Waals surface area contributed by atoms with E-state index in [0.717, 1.165) is 19.1 Å². The van der Waals surface area contributed by atoms with Gasteiger partial charge in [0.1, 0.15) is 6.10 Å². The van der Waals surface area contributed by atoms with Crippen molar-refractivity contribution in [3.63, 3.8) is 0 Å². The van der Waals surface area contributed by atoms with Crippen molar-refractivity contribution in [1.29, 1.82) is 0 Å². The van der Waals surface area contributed by atoms with Crippen LogP contribution in [0.4, 0.5) is 36.4 Å². The van der Waals surface area contributed by atoms with Crippen LogP contribution < -0.4 is 15.8 Å². The van der Waals surface area contributed by atoms with Gasteiger partial charge in [-0.15, -0.1) is 0 Å². The van der Waals surface area contributed by atoms with E-state index in [9.17, 15) is 40.3 Å². The van der Waals surface area contributed by atoms with Crippen molar-refractivity contribution in [2.24, 2.45) is 11.7 Å². The number of carbonyl (C=O) groups excluding carboxylic acids is 2. The van der Waals surface area contributed by atoms with Crippen molar-refractivity contribution >= 4 is 17.5 Å². The summed E-state index contributed by atoms with van der Waals surface area (Å²) < 4.78 is 105. The van der Waals surface area contributed by atoms with Gasteiger partial charge >= 0.3 is 12.8 Å². The Morgan fingerprint density at radius 2 is 1.83 bits per heavy atom. The minimum atomic E-state index is -5.03. The monoisotopic (exact) mass is 508 g/mol. The standard InChI is InChI=1S/C22H19F7N2O4/c1-9-14(12-6-7-13(23)15(24)16(12)34-20(25)26)17(35-21(9,2)22(27,28)29)19(33)31-11-5-3-4-10(8-11)18(30)32/h3-9,14,17,20H,1-2H3,(H2,30,32)(H,31,33)/t9-,14-,17-,21+/m1/s1. The molecule has 2 aromatic carbocycles. The Morgan fingerprint density at radius 3 is 2.40 bits per heavy atom. The van der Waals surface area contributed by atoms with E-state index >= 15 is 0 Å². The molecule has 0 bridgehead atoms. The van der Waals surface area contributed by atoms with Crippen molar-refractivity contribution in [2.45, 2.75) is 44.3 Å². The Bertz CT molecular complexity index is 1140. The molecule has 2 aromatic rings. The van der Waals surface area contributed by atoms with E-state index in [4.69, 9.17) is 10.5 Å². The summed E-state index contributed by atoms with van der Waals surface area (Å²) in [6.45, 7) is -1.95. The number of anilines is 1. The van der Waals surface area contributed by atoms with Crippen LogP contribution >= 0.6 is 0 Å². The summed E-state index contributed by atoms with van der Waals surface area (Å²) in [5.41, 5.74) is 1.54. The molecule has 0 radical (unpaired) electrons. The van der Waals surface area contributed by atoms with E-state index in [-0.39, 0.29) is 11.3 Å². The third-order valence-corrected chi connectivity index (χ3v) is 5.99. The molecule has 0 aromatic heterocycles. The molecule has 1 saturated heterocycles. The number of primary amides is 1. The number of benzene rings is 2. The first-order chi connectivity index (χ1) is 16.2. The molecule has 0 aliphatic carbocycles. The van der Waals surface area contributed by atoms with Crippen molar-refractivity contribution in [3.8, 4) is 5.75 Å². The first kappa shape index (κ1) is 26.3. The number of amides is 2. The van der Waals surface area contributed by atoms with E-state index in [1.54, 1.807) is 0 Å². The highest BCUT2D eigenvalue weighted by molar-refractivity contribution is 5.98. The summed E-state index contributed by atoms with van der Waals surface area (Å²) in [6, 6.07) is 6.41.